The van der Waals surface area contributed by atoms with Crippen LogP contribution in [0.3, 0.4) is 0 Å². The van der Waals surface area contributed by atoms with Gasteiger partial charge in [0.05, 0.1) is 0 Å². The maximum atomic E-state index is 13.0. The van der Waals surface area contributed by atoms with E-state index >= 15 is 0 Å². The van der Waals surface area contributed by atoms with Gasteiger partial charge < -0.3 is 0 Å². The molecule has 2 aliphatic carbocycles. The third kappa shape index (κ3) is 2.50. The first-order chi connectivity index (χ1) is 12.4. The highest BCUT2D eigenvalue weighted by molar-refractivity contribution is 6.22. The van der Waals surface area contributed by atoms with Crippen LogP contribution in [0.4, 0.5) is 0 Å². The standard InChI is InChI=1S/C24H20O2/c1-24(2,3)21-14-20(16-9-5-7-11-19(16)23(21)26)17-12-13-22(25)18-10-6-4-8-15(17)18/h4-14H,1-3H3. The Kier molecular flexibility index (Phi) is 3.66. The molecule has 0 N–H and O–H groups in total. The van der Waals surface area contributed by atoms with Crippen LogP contribution in [0.15, 0.2) is 72.3 Å². The van der Waals surface area contributed by atoms with Crippen molar-refractivity contribution in [2.75, 3.05) is 0 Å². The molecule has 0 saturated heterocycles. The van der Waals surface area contributed by atoms with E-state index in [9.17, 15) is 9.59 Å². The summed E-state index contributed by atoms with van der Waals surface area (Å²) in [5, 5.41) is 0. The van der Waals surface area contributed by atoms with Crippen LogP contribution in [-0.4, -0.2) is 11.6 Å². The maximum absolute atomic E-state index is 13.0. The maximum Gasteiger partial charge on any atom is 0.190 e. The van der Waals surface area contributed by atoms with E-state index < -0.39 is 0 Å². The summed E-state index contributed by atoms with van der Waals surface area (Å²) in [6, 6.07) is 15.4. The summed E-state index contributed by atoms with van der Waals surface area (Å²) in [4.78, 5) is 25.3. The molecule has 2 aliphatic rings. The van der Waals surface area contributed by atoms with Gasteiger partial charge in [-0.1, -0.05) is 69.3 Å². The van der Waals surface area contributed by atoms with E-state index in [2.05, 4.69) is 20.8 Å². The van der Waals surface area contributed by atoms with E-state index in [4.69, 9.17) is 0 Å². The Hall–Kier alpha value is -3.00. The van der Waals surface area contributed by atoms with E-state index in [0.717, 1.165) is 33.4 Å². The summed E-state index contributed by atoms with van der Waals surface area (Å²) >= 11 is 0. The monoisotopic (exact) mass is 340 g/mol. The number of hydrogen-bond donors (Lipinski definition) is 0. The first-order valence-corrected chi connectivity index (χ1v) is 8.80. The van der Waals surface area contributed by atoms with Crippen LogP contribution < -0.4 is 0 Å². The number of hydrogen-bond acceptors (Lipinski definition) is 2. The topological polar surface area (TPSA) is 34.1 Å². The van der Waals surface area contributed by atoms with Gasteiger partial charge in [-0.05, 0) is 45.9 Å². The van der Waals surface area contributed by atoms with Gasteiger partial charge in [0.15, 0.2) is 11.6 Å². The lowest BCUT2D eigenvalue weighted by Crippen LogP contribution is -2.22. The summed E-state index contributed by atoms with van der Waals surface area (Å²) in [5.74, 6) is 0.103. The van der Waals surface area contributed by atoms with Gasteiger partial charge in [-0.3, -0.25) is 9.59 Å². The van der Waals surface area contributed by atoms with Crippen LogP contribution in [0.5, 0.6) is 0 Å². The van der Waals surface area contributed by atoms with Gasteiger partial charge in [0.1, 0.15) is 0 Å². The lowest BCUT2D eigenvalue weighted by Gasteiger charge is -2.29. The lowest BCUT2D eigenvalue weighted by atomic mass is 9.74. The van der Waals surface area contributed by atoms with Gasteiger partial charge in [-0.25, -0.2) is 0 Å². The SMILES string of the molecule is CC(C)(C)C1=CC(=C2C=CC(=O)c3ccccc32)c2ccccc2C1=O. The zero-order valence-corrected chi connectivity index (χ0v) is 15.2. The zero-order chi connectivity index (χ0) is 18.5. The van der Waals surface area contributed by atoms with E-state index in [-0.39, 0.29) is 17.0 Å². The Morgan fingerprint density at radius 1 is 0.654 bits per heavy atom. The number of ketones is 2. The average molecular weight is 340 g/mol. The molecule has 0 atom stereocenters. The number of rotatable bonds is 0. The fourth-order valence-electron chi connectivity index (χ4n) is 3.63. The molecule has 2 heteroatoms. The van der Waals surface area contributed by atoms with Crippen molar-refractivity contribution in [3.8, 4) is 0 Å². The molecule has 2 aromatic carbocycles. The van der Waals surface area contributed by atoms with Gasteiger partial charge in [0.2, 0.25) is 0 Å². The molecule has 0 aliphatic heterocycles. The van der Waals surface area contributed by atoms with Gasteiger partial charge in [0.25, 0.3) is 0 Å². The van der Waals surface area contributed by atoms with Crippen LogP contribution >= 0.6 is 0 Å². The summed E-state index contributed by atoms with van der Waals surface area (Å²) in [6.45, 7) is 6.17. The molecule has 0 radical (unpaired) electrons. The van der Waals surface area contributed by atoms with Crippen molar-refractivity contribution in [2.45, 2.75) is 20.8 Å². The first kappa shape index (κ1) is 16.5. The second-order valence-electron chi connectivity index (χ2n) is 7.75. The Morgan fingerprint density at radius 2 is 1.19 bits per heavy atom. The Labute approximate surface area is 153 Å². The predicted molar refractivity (Wildman–Crippen MR) is 105 cm³/mol. The molecule has 0 fully saturated rings. The predicted octanol–water partition coefficient (Wildman–Crippen LogP) is 5.52. The summed E-state index contributed by atoms with van der Waals surface area (Å²) < 4.78 is 0. The number of carbonyl (C=O) groups excluding carboxylic acids is 2. The fourth-order valence-corrected chi connectivity index (χ4v) is 3.63. The minimum absolute atomic E-state index is 0.0187. The van der Waals surface area contributed by atoms with E-state index in [1.54, 1.807) is 6.08 Å². The normalized spacial score (nSPS) is 19.1. The second-order valence-corrected chi connectivity index (χ2v) is 7.75. The Bertz CT molecular complexity index is 1040. The number of fused-ring (bicyclic) bond motifs is 2. The highest BCUT2D eigenvalue weighted by atomic mass is 16.1. The molecule has 0 bridgehead atoms. The third-order valence-corrected chi connectivity index (χ3v) is 4.98. The van der Waals surface area contributed by atoms with Crippen LogP contribution in [0.1, 0.15) is 52.6 Å². The molecule has 128 valence electrons. The zero-order valence-electron chi connectivity index (χ0n) is 15.2. The average Bonchev–Trinajstić information content (AvgIpc) is 2.62. The molecular weight excluding hydrogens is 320 g/mol. The van der Waals surface area contributed by atoms with Crippen molar-refractivity contribution in [3.63, 3.8) is 0 Å². The molecule has 0 unspecified atom stereocenters. The third-order valence-electron chi connectivity index (χ3n) is 4.98. The highest BCUT2D eigenvalue weighted by Crippen LogP contribution is 2.42. The molecule has 4 rings (SSSR count). The number of benzene rings is 2. The van der Waals surface area contributed by atoms with Crippen molar-refractivity contribution < 1.29 is 9.59 Å². The van der Waals surface area contributed by atoms with Crippen molar-refractivity contribution in [1.29, 1.82) is 0 Å². The fraction of sp³-hybridized carbons (Fsp3) is 0.167. The van der Waals surface area contributed by atoms with Crippen molar-refractivity contribution in [2.24, 2.45) is 5.41 Å². The molecule has 0 aromatic heterocycles. The van der Waals surface area contributed by atoms with Gasteiger partial charge in [-0.2, -0.15) is 0 Å². The van der Waals surface area contributed by atoms with Crippen molar-refractivity contribution in [3.05, 3.63) is 94.6 Å². The van der Waals surface area contributed by atoms with Crippen LogP contribution in [0.2, 0.25) is 0 Å². The number of Topliss-reactive ketones (excluding diaryl/α,β-unsaturated/α-hetero) is 1. The summed E-state index contributed by atoms with van der Waals surface area (Å²) in [5.41, 5.74) is 5.80. The smallest absolute Gasteiger partial charge is 0.190 e. The quantitative estimate of drug-likeness (QED) is 0.633. The molecule has 0 heterocycles. The number of allylic oxidation sites excluding steroid dienone is 6. The molecule has 2 nitrogen and oxygen atoms in total. The molecule has 26 heavy (non-hydrogen) atoms. The van der Waals surface area contributed by atoms with Crippen molar-refractivity contribution >= 4 is 22.7 Å². The summed E-state index contributed by atoms with van der Waals surface area (Å²) in [7, 11) is 0. The van der Waals surface area contributed by atoms with Crippen LogP contribution in [0, 0.1) is 5.41 Å². The Morgan fingerprint density at radius 3 is 1.81 bits per heavy atom. The first-order valence-electron chi connectivity index (χ1n) is 8.80. The summed E-state index contributed by atoms with van der Waals surface area (Å²) in [6.07, 6.45) is 5.51. The lowest BCUT2D eigenvalue weighted by molar-refractivity contribution is 0.101. The Balaban J connectivity index is 2.08. The number of carbonyl (C=O) groups is 2. The van der Waals surface area contributed by atoms with Crippen molar-refractivity contribution in [1.82, 2.24) is 0 Å². The minimum Gasteiger partial charge on any atom is -0.289 e. The minimum atomic E-state index is -0.260. The van der Waals surface area contributed by atoms with Gasteiger partial charge >= 0.3 is 0 Å². The van der Waals surface area contributed by atoms with Crippen LogP contribution in [0.25, 0.3) is 11.1 Å². The molecule has 0 spiro atoms. The largest absolute Gasteiger partial charge is 0.289 e. The van der Waals surface area contributed by atoms with E-state index in [0.29, 0.717) is 5.56 Å². The van der Waals surface area contributed by atoms with Gasteiger partial charge in [-0.15, -0.1) is 0 Å². The van der Waals surface area contributed by atoms with Gasteiger partial charge in [0, 0.05) is 16.7 Å². The second kappa shape index (κ2) is 5.77. The molecule has 0 saturated carbocycles. The highest BCUT2D eigenvalue weighted by Gasteiger charge is 2.32. The van der Waals surface area contributed by atoms with E-state index in [1.165, 1.54) is 0 Å². The van der Waals surface area contributed by atoms with Crippen LogP contribution in [-0.2, 0) is 0 Å². The molecule has 0 amide bonds. The molecule has 2 aromatic rings. The van der Waals surface area contributed by atoms with E-state index in [1.807, 2.05) is 60.7 Å². The molecular formula is C24H20O2.